The molecule has 1 saturated heterocycles. The van der Waals surface area contributed by atoms with Crippen LogP contribution in [0.4, 0.5) is 11.4 Å². The quantitative estimate of drug-likeness (QED) is 0.480. The van der Waals surface area contributed by atoms with Crippen molar-refractivity contribution in [1.29, 1.82) is 0 Å². The minimum Gasteiger partial charge on any atom is -0.448 e. The zero-order chi connectivity index (χ0) is 19.5. The van der Waals surface area contributed by atoms with Crippen LogP contribution in [0.1, 0.15) is 5.76 Å². The van der Waals surface area contributed by atoms with Crippen molar-refractivity contribution in [1.82, 2.24) is 9.97 Å². The summed E-state index contributed by atoms with van der Waals surface area (Å²) < 4.78 is 11.3. The third kappa shape index (κ3) is 4.21. The molecule has 0 amide bonds. The number of aliphatic imine (C=N–C) groups is 1. The maximum absolute atomic E-state index is 5.86. The van der Waals surface area contributed by atoms with Crippen molar-refractivity contribution in [3.8, 4) is 0 Å². The number of rotatable bonds is 5. The number of hydrogen-bond donors (Lipinski definition) is 1. The molecule has 5 rings (SSSR count). The molecule has 0 atom stereocenters. The normalized spacial score (nSPS) is 14.8. The molecule has 6 nitrogen and oxygen atoms in total. The Kier molecular flexibility index (Phi) is 5.06. The van der Waals surface area contributed by atoms with E-state index in [1.54, 1.807) is 6.21 Å². The van der Waals surface area contributed by atoms with Crippen molar-refractivity contribution in [2.75, 3.05) is 31.2 Å². The highest BCUT2D eigenvalue weighted by Crippen LogP contribution is 2.28. The van der Waals surface area contributed by atoms with Crippen LogP contribution in [0.5, 0.6) is 0 Å². The molecule has 0 bridgehead atoms. The standard InChI is InChI=1S/C22H20N4O2S/c1-2-4-20-19(3-1)24-22(25-20)29-21-10-9-18(28-21)15-23-16-5-7-17(8-6-16)26-11-13-27-14-12-26/h1-10,15H,11-14H2,(H,24,25). The van der Waals surface area contributed by atoms with Crippen molar-refractivity contribution < 1.29 is 9.15 Å². The van der Waals surface area contributed by atoms with Gasteiger partial charge in [0.15, 0.2) is 10.2 Å². The summed E-state index contributed by atoms with van der Waals surface area (Å²) in [6.45, 7) is 3.43. The number of nitrogens with one attached hydrogen (secondary N) is 1. The summed E-state index contributed by atoms with van der Waals surface area (Å²) in [5.41, 5.74) is 4.06. The maximum atomic E-state index is 5.86. The average molecular weight is 404 g/mol. The number of benzene rings is 2. The topological polar surface area (TPSA) is 66.7 Å². The number of para-hydroxylation sites is 2. The summed E-state index contributed by atoms with van der Waals surface area (Å²) in [6.07, 6.45) is 1.74. The van der Waals surface area contributed by atoms with E-state index in [4.69, 9.17) is 9.15 Å². The Balaban J connectivity index is 1.24. The summed E-state index contributed by atoms with van der Waals surface area (Å²) in [5, 5.41) is 1.58. The number of anilines is 1. The SMILES string of the molecule is C(=Nc1ccc(N2CCOCC2)cc1)c1ccc(Sc2nc3ccccc3[nH]2)o1. The highest BCUT2D eigenvalue weighted by atomic mass is 32.2. The fraction of sp³-hybridized carbons (Fsp3) is 0.182. The van der Waals surface area contributed by atoms with Gasteiger partial charge < -0.3 is 19.0 Å². The lowest BCUT2D eigenvalue weighted by Crippen LogP contribution is -2.36. The maximum Gasteiger partial charge on any atom is 0.174 e. The van der Waals surface area contributed by atoms with Gasteiger partial charge in [0.05, 0.1) is 36.1 Å². The third-order valence-corrected chi connectivity index (χ3v) is 5.54. The summed E-state index contributed by atoms with van der Waals surface area (Å²) in [6, 6.07) is 20.1. The minimum atomic E-state index is 0.709. The predicted molar refractivity (Wildman–Crippen MR) is 116 cm³/mol. The molecular formula is C22H20N4O2S. The molecule has 0 spiro atoms. The van der Waals surface area contributed by atoms with Gasteiger partial charge >= 0.3 is 0 Å². The molecule has 2 aromatic heterocycles. The summed E-state index contributed by atoms with van der Waals surface area (Å²) in [5.74, 6) is 0.709. The number of fused-ring (bicyclic) bond motifs is 1. The Morgan fingerprint density at radius 3 is 2.66 bits per heavy atom. The van der Waals surface area contributed by atoms with E-state index >= 15 is 0 Å². The number of aromatic amines is 1. The molecule has 0 aliphatic carbocycles. The van der Waals surface area contributed by atoms with E-state index in [9.17, 15) is 0 Å². The fourth-order valence-corrected chi connectivity index (χ4v) is 4.01. The van der Waals surface area contributed by atoms with Crippen LogP contribution in [-0.4, -0.2) is 42.5 Å². The van der Waals surface area contributed by atoms with Crippen LogP contribution < -0.4 is 4.90 Å². The Morgan fingerprint density at radius 2 is 1.83 bits per heavy atom. The molecule has 29 heavy (non-hydrogen) atoms. The van der Waals surface area contributed by atoms with Crippen molar-refractivity contribution in [3.05, 3.63) is 66.4 Å². The number of ether oxygens (including phenoxy) is 1. The van der Waals surface area contributed by atoms with Crippen LogP contribution in [0.15, 0.2) is 80.3 Å². The lowest BCUT2D eigenvalue weighted by atomic mass is 10.2. The van der Waals surface area contributed by atoms with E-state index in [1.807, 2.05) is 48.5 Å². The summed E-state index contributed by atoms with van der Waals surface area (Å²) in [7, 11) is 0. The first kappa shape index (κ1) is 18.0. The van der Waals surface area contributed by atoms with Gasteiger partial charge in [-0.1, -0.05) is 12.1 Å². The van der Waals surface area contributed by atoms with Crippen LogP contribution in [0.25, 0.3) is 11.0 Å². The second kappa shape index (κ2) is 8.14. The summed E-state index contributed by atoms with van der Waals surface area (Å²) in [4.78, 5) is 14.7. The van der Waals surface area contributed by atoms with Crippen molar-refractivity contribution >= 4 is 40.4 Å². The first-order valence-electron chi connectivity index (χ1n) is 9.53. The number of H-pyrrole nitrogens is 1. The smallest absolute Gasteiger partial charge is 0.174 e. The Morgan fingerprint density at radius 1 is 1.00 bits per heavy atom. The van der Waals surface area contributed by atoms with E-state index in [0.717, 1.165) is 53.3 Å². The monoisotopic (exact) mass is 404 g/mol. The van der Waals surface area contributed by atoms with Crippen LogP contribution in [0.3, 0.4) is 0 Å². The first-order valence-corrected chi connectivity index (χ1v) is 10.3. The van der Waals surface area contributed by atoms with Gasteiger partial charge in [0.1, 0.15) is 5.76 Å². The molecule has 1 N–H and O–H groups in total. The lowest BCUT2D eigenvalue weighted by Gasteiger charge is -2.28. The van der Waals surface area contributed by atoms with Gasteiger partial charge in [-0.3, -0.25) is 4.99 Å². The number of hydrogen-bond acceptors (Lipinski definition) is 6. The van der Waals surface area contributed by atoms with Crippen LogP contribution in [0.2, 0.25) is 0 Å². The van der Waals surface area contributed by atoms with Crippen molar-refractivity contribution in [2.24, 2.45) is 4.99 Å². The zero-order valence-electron chi connectivity index (χ0n) is 15.7. The van der Waals surface area contributed by atoms with E-state index in [0.29, 0.717) is 5.76 Å². The molecular weight excluding hydrogens is 384 g/mol. The number of aromatic nitrogens is 2. The first-order chi connectivity index (χ1) is 14.3. The molecule has 0 saturated carbocycles. The molecule has 7 heteroatoms. The Labute approximate surface area is 172 Å². The number of furan rings is 1. The number of nitrogens with zero attached hydrogens (tertiary/aromatic N) is 3. The van der Waals surface area contributed by atoms with Gasteiger partial charge in [0.2, 0.25) is 0 Å². The number of morpholine rings is 1. The van der Waals surface area contributed by atoms with E-state index in [1.165, 1.54) is 17.4 Å². The van der Waals surface area contributed by atoms with Gasteiger partial charge in [-0.15, -0.1) is 0 Å². The van der Waals surface area contributed by atoms with E-state index in [-0.39, 0.29) is 0 Å². The van der Waals surface area contributed by atoms with E-state index in [2.05, 4.69) is 32.0 Å². The Bertz CT molecular complexity index is 1090. The van der Waals surface area contributed by atoms with Crippen molar-refractivity contribution in [3.63, 3.8) is 0 Å². The molecule has 0 radical (unpaired) electrons. The van der Waals surface area contributed by atoms with Crippen LogP contribution in [-0.2, 0) is 4.74 Å². The molecule has 0 unspecified atom stereocenters. The molecule has 3 heterocycles. The molecule has 2 aromatic carbocycles. The van der Waals surface area contributed by atoms with Gasteiger partial charge in [0.25, 0.3) is 0 Å². The molecule has 4 aromatic rings. The van der Waals surface area contributed by atoms with Gasteiger partial charge in [-0.25, -0.2) is 4.98 Å². The fourth-order valence-electron chi connectivity index (χ4n) is 3.24. The highest BCUT2D eigenvalue weighted by molar-refractivity contribution is 7.99. The summed E-state index contributed by atoms with van der Waals surface area (Å²) >= 11 is 1.46. The second-order valence-corrected chi connectivity index (χ2v) is 7.69. The van der Waals surface area contributed by atoms with Crippen LogP contribution >= 0.6 is 11.8 Å². The van der Waals surface area contributed by atoms with Gasteiger partial charge in [-0.05, 0) is 60.3 Å². The molecule has 1 aliphatic heterocycles. The zero-order valence-corrected chi connectivity index (χ0v) is 16.6. The van der Waals surface area contributed by atoms with Crippen LogP contribution in [0, 0.1) is 0 Å². The molecule has 146 valence electrons. The second-order valence-electron chi connectivity index (χ2n) is 6.69. The van der Waals surface area contributed by atoms with Gasteiger partial charge in [0, 0.05) is 18.8 Å². The largest absolute Gasteiger partial charge is 0.448 e. The molecule has 1 aliphatic rings. The minimum absolute atomic E-state index is 0.709. The average Bonchev–Trinajstić information content (AvgIpc) is 3.39. The predicted octanol–water partition coefficient (Wildman–Crippen LogP) is 4.89. The molecule has 1 fully saturated rings. The van der Waals surface area contributed by atoms with Gasteiger partial charge in [-0.2, -0.15) is 0 Å². The lowest BCUT2D eigenvalue weighted by molar-refractivity contribution is 0.122. The highest BCUT2D eigenvalue weighted by Gasteiger charge is 2.11. The van der Waals surface area contributed by atoms with Crippen molar-refractivity contribution in [2.45, 2.75) is 10.2 Å². The number of imidazole rings is 1. The third-order valence-electron chi connectivity index (χ3n) is 4.73. The van der Waals surface area contributed by atoms with E-state index < -0.39 is 0 Å². The Hall–Kier alpha value is -3.03.